The zero-order valence-electron chi connectivity index (χ0n) is 14.2. The van der Waals surface area contributed by atoms with Gasteiger partial charge in [0.2, 0.25) is 11.8 Å². The topological polar surface area (TPSA) is 67.4 Å². The average molecular weight is 359 g/mol. The highest BCUT2D eigenvalue weighted by Gasteiger charge is 2.08. The van der Waals surface area contributed by atoms with E-state index in [1.807, 2.05) is 19.1 Å². The largest absolute Gasteiger partial charge is 0.495 e. The number of benzene rings is 2. The van der Waals surface area contributed by atoms with Crippen LogP contribution in [-0.4, -0.2) is 18.9 Å². The van der Waals surface area contributed by atoms with Crippen molar-refractivity contribution in [3.63, 3.8) is 0 Å². The maximum absolute atomic E-state index is 12.2. The van der Waals surface area contributed by atoms with E-state index in [-0.39, 0.29) is 11.8 Å². The van der Waals surface area contributed by atoms with E-state index in [0.29, 0.717) is 22.1 Å². The number of hydrogen-bond acceptors (Lipinski definition) is 3. The van der Waals surface area contributed by atoms with Crippen molar-refractivity contribution in [3.8, 4) is 5.75 Å². The van der Waals surface area contributed by atoms with Gasteiger partial charge in [-0.05, 0) is 48.4 Å². The van der Waals surface area contributed by atoms with E-state index in [1.54, 1.807) is 30.3 Å². The first kappa shape index (κ1) is 18.5. The van der Waals surface area contributed by atoms with Crippen LogP contribution in [0.2, 0.25) is 5.02 Å². The molecule has 2 amide bonds. The van der Waals surface area contributed by atoms with Gasteiger partial charge in [0.15, 0.2) is 0 Å². The van der Waals surface area contributed by atoms with Crippen LogP contribution in [0.5, 0.6) is 5.75 Å². The molecular weight excluding hydrogens is 340 g/mol. The molecule has 0 radical (unpaired) electrons. The van der Waals surface area contributed by atoms with Gasteiger partial charge in [0.05, 0.1) is 12.8 Å². The molecule has 25 heavy (non-hydrogen) atoms. The molecule has 2 rings (SSSR count). The van der Waals surface area contributed by atoms with Gasteiger partial charge in [-0.2, -0.15) is 0 Å². The van der Waals surface area contributed by atoms with E-state index in [2.05, 4.69) is 10.6 Å². The van der Waals surface area contributed by atoms with E-state index < -0.39 is 0 Å². The average Bonchev–Trinajstić information content (AvgIpc) is 2.56. The van der Waals surface area contributed by atoms with Crippen molar-refractivity contribution >= 4 is 40.9 Å². The number of anilines is 2. The summed E-state index contributed by atoms with van der Waals surface area (Å²) in [6, 6.07) is 10.6. The van der Waals surface area contributed by atoms with Gasteiger partial charge in [-0.1, -0.05) is 23.7 Å². The Hall–Kier alpha value is -2.79. The van der Waals surface area contributed by atoms with E-state index >= 15 is 0 Å². The molecule has 0 bridgehead atoms. The van der Waals surface area contributed by atoms with Crippen LogP contribution in [0, 0.1) is 6.92 Å². The minimum atomic E-state index is -0.324. The molecule has 2 aromatic carbocycles. The van der Waals surface area contributed by atoms with Crippen molar-refractivity contribution < 1.29 is 14.3 Å². The number of hydrogen-bond donors (Lipinski definition) is 2. The van der Waals surface area contributed by atoms with Gasteiger partial charge in [0.25, 0.3) is 0 Å². The lowest BCUT2D eigenvalue weighted by Gasteiger charge is -2.11. The van der Waals surface area contributed by atoms with Crippen LogP contribution >= 0.6 is 11.6 Å². The maximum Gasteiger partial charge on any atom is 0.248 e. The molecule has 0 fully saturated rings. The summed E-state index contributed by atoms with van der Waals surface area (Å²) >= 11 is 6.07. The minimum Gasteiger partial charge on any atom is -0.495 e. The summed E-state index contributed by atoms with van der Waals surface area (Å²) in [6.45, 7) is 3.33. The van der Waals surface area contributed by atoms with Crippen LogP contribution in [0.1, 0.15) is 18.1 Å². The quantitative estimate of drug-likeness (QED) is 0.784. The molecule has 0 aliphatic heterocycles. The Morgan fingerprint density at radius 1 is 1.12 bits per heavy atom. The van der Waals surface area contributed by atoms with Crippen molar-refractivity contribution in [1.29, 1.82) is 0 Å². The van der Waals surface area contributed by atoms with Crippen molar-refractivity contribution in [2.24, 2.45) is 0 Å². The predicted molar refractivity (Wildman–Crippen MR) is 101 cm³/mol. The second kappa shape index (κ2) is 8.35. The van der Waals surface area contributed by atoms with Crippen LogP contribution in [0.3, 0.4) is 0 Å². The highest BCUT2D eigenvalue weighted by Crippen LogP contribution is 2.28. The second-order valence-corrected chi connectivity index (χ2v) is 5.83. The highest BCUT2D eigenvalue weighted by molar-refractivity contribution is 6.31. The summed E-state index contributed by atoms with van der Waals surface area (Å²) in [5.41, 5.74) is 2.83. The molecule has 0 aliphatic carbocycles. The number of carbonyl (C=O) groups excluding carboxylic acids is 2. The fourth-order valence-corrected chi connectivity index (χ4v) is 2.33. The molecule has 0 heterocycles. The monoisotopic (exact) mass is 358 g/mol. The predicted octanol–water partition coefficient (Wildman–Crippen LogP) is 4.27. The molecule has 130 valence electrons. The normalized spacial score (nSPS) is 10.6. The smallest absolute Gasteiger partial charge is 0.248 e. The first-order valence-corrected chi connectivity index (χ1v) is 7.97. The van der Waals surface area contributed by atoms with Crippen LogP contribution in [0.25, 0.3) is 6.08 Å². The Balaban J connectivity index is 2.14. The molecule has 5 nitrogen and oxygen atoms in total. The number of amides is 2. The number of aryl methyl sites for hydroxylation is 1. The van der Waals surface area contributed by atoms with Gasteiger partial charge in [-0.3, -0.25) is 9.59 Å². The van der Waals surface area contributed by atoms with Crippen LogP contribution in [0.4, 0.5) is 11.4 Å². The molecule has 0 saturated carbocycles. The number of rotatable bonds is 5. The Labute approximate surface area is 151 Å². The fraction of sp³-hybridized carbons (Fsp3) is 0.158. The SMILES string of the molecule is COc1ccc(NC(C)=O)cc1NC(=O)/C=C/c1ccc(C)c(Cl)c1. The third-order valence-corrected chi connectivity index (χ3v) is 3.81. The molecule has 0 aliphatic rings. The van der Waals surface area contributed by atoms with Gasteiger partial charge in [-0.15, -0.1) is 0 Å². The summed E-state index contributed by atoms with van der Waals surface area (Å²) in [4.78, 5) is 23.3. The van der Waals surface area contributed by atoms with Gasteiger partial charge < -0.3 is 15.4 Å². The molecular formula is C19H19ClN2O3. The van der Waals surface area contributed by atoms with Crippen molar-refractivity contribution in [1.82, 2.24) is 0 Å². The highest BCUT2D eigenvalue weighted by atomic mass is 35.5. The summed E-state index contributed by atoms with van der Waals surface area (Å²) < 4.78 is 5.23. The third kappa shape index (κ3) is 5.36. The molecule has 6 heteroatoms. The Bertz CT molecular complexity index is 831. The van der Waals surface area contributed by atoms with E-state index in [0.717, 1.165) is 11.1 Å². The summed E-state index contributed by atoms with van der Waals surface area (Å²) in [7, 11) is 1.51. The van der Waals surface area contributed by atoms with Gasteiger partial charge >= 0.3 is 0 Å². The van der Waals surface area contributed by atoms with Crippen molar-refractivity contribution in [2.45, 2.75) is 13.8 Å². The molecule has 2 aromatic rings. The lowest BCUT2D eigenvalue weighted by molar-refractivity contribution is -0.114. The summed E-state index contributed by atoms with van der Waals surface area (Å²) in [5.74, 6) is -0.0252. The fourth-order valence-electron chi connectivity index (χ4n) is 2.15. The van der Waals surface area contributed by atoms with E-state index in [1.165, 1.54) is 20.1 Å². The summed E-state index contributed by atoms with van der Waals surface area (Å²) in [6.07, 6.45) is 3.08. The van der Waals surface area contributed by atoms with Gasteiger partial charge in [-0.25, -0.2) is 0 Å². The minimum absolute atomic E-state index is 0.196. The standard InChI is InChI=1S/C19H19ClN2O3/c1-12-4-5-14(10-16(12)20)6-9-19(24)22-17-11-15(21-13(2)23)7-8-18(17)25-3/h4-11H,1-3H3,(H,21,23)(H,22,24)/b9-6+. The Morgan fingerprint density at radius 2 is 1.88 bits per heavy atom. The maximum atomic E-state index is 12.2. The van der Waals surface area contributed by atoms with Crippen LogP contribution in [0.15, 0.2) is 42.5 Å². The van der Waals surface area contributed by atoms with Crippen molar-refractivity contribution in [2.75, 3.05) is 17.7 Å². The lowest BCUT2D eigenvalue weighted by atomic mass is 10.1. The first-order chi connectivity index (χ1) is 11.9. The molecule has 0 atom stereocenters. The number of halogens is 1. The van der Waals surface area contributed by atoms with Gasteiger partial charge in [0.1, 0.15) is 5.75 Å². The second-order valence-electron chi connectivity index (χ2n) is 5.43. The number of carbonyl (C=O) groups is 2. The number of methoxy groups -OCH3 is 1. The van der Waals surface area contributed by atoms with Crippen LogP contribution in [-0.2, 0) is 9.59 Å². The third-order valence-electron chi connectivity index (χ3n) is 3.40. The Morgan fingerprint density at radius 3 is 2.52 bits per heavy atom. The number of nitrogens with one attached hydrogen (secondary N) is 2. The zero-order valence-corrected chi connectivity index (χ0v) is 15.0. The molecule has 0 unspecified atom stereocenters. The Kier molecular flexibility index (Phi) is 6.19. The number of ether oxygens (including phenoxy) is 1. The first-order valence-electron chi connectivity index (χ1n) is 7.60. The summed E-state index contributed by atoms with van der Waals surface area (Å²) in [5, 5.41) is 6.04. The van der Waals surface area contributed by atoms with Crippen LogP contribution < -0.4 is 15.4 Å². The molecule has 0 aromatic heterocycles. The lowest BCUT2D eigenvalue weighted by Crippen LogP contribution is -2.10. The van der Waals surface area contributed by atoms with E-state index in [9.17, 15) is 9.59 Å². The van der Waals surface area contributed by atoms with E-state index in [4.69, 9.17) is 16.3 Å². The zero-order chi connectivity index (χ0) is 18.4. The van der Waals surface area contributed by atoms with Crippen molar-refractivity contribution in [3.05, 3.63) is 58.6 Å². The molecule has 0 saturated heterocycles. The van der Waals surface area contributed by atoms with Gasteiger partial charge in [0, 0.05) is 23.7 Å². The molecule has 0 spiro atoms. The molecule has 2 N–H and O–H groups in total.